The summed E-state index contributed by atoms with van der Waals surface area (Å²) in [5.74, 6) is 0.117. The van der Waals surface area contributed by atoms with Gasteiger partial charge in [-0.3, -0.25) is 9.80 Å². The van der Waals surface area contributed by atoms with Crippen LogP contribution in [0, 0.1) is 0 Å². The van der Waals surface area contributed by atoms with Gasteiger partial charge in [0.15, 0.2) is 0 Å². The van der Waals surface area contributed by atoms with Crippen LogP contribution in [0.2, 0.25) is 0 Å². The molecule has 2 aliphatic heterocycles. The fourth-order valence-electron chi connectivity index (χ4n) is 4.60. The van der Waals surface area contributed by atoms with Crippen LogP contribution in [-0.2, 0) is 9.53 Å². The zero-order valence-electron chi connectivity index (χ0n) is 21.1. The number of benzene rings is 1. The van der Waals surface area contributed by atoms with E-state index >= 15 is 0 Å². The third kappa shape index (κ3) is 6.05. The van der Waals surface area contributed by atoms with Crippen molar-refractivity contribution in [3.63, 3.8) is 0 Å². The fourth-order valence-corrected chi connectivity index (χ4v) is 4.60. The summed E-state index contributed by atoms with van der Waals surface area (Å²) in [6, 6.07) is 6.31. The van der Waals surface area contributed by atoms with E-state index in [1.165, 1.54) is 0 Å². The van der Waals surface area contributed by atoms with Gasteiger partial charge >= 0.3 is 18.0 Å². The number of methoxy groups -OCH3 is 1. The van der Waals surface area contributed by atoms with Gasteiger partial charge in [-0.1, -0.05) is 18.2 Å². The van der Waals surface area contributed by atoms with E-state index in [9.17, 15) is 14.4 Å². The normalized spacial score (nSPS) is 19.2. The minimum atomic E-state index is -0.700. The van der Waals surface area contributed by atoms with Crippen molar-refractivity contribution in [3.8, 4) is 5.75 Å². The Kier molecular flexibility index (Phi) is 9.36. The summed E-state index contributed by atoms with van der Waals surface area (Å²) < 4.78 is 11.0. The van der Waals surface area contributed by atoms with Crippen LogP contribution in [0.15, 0.2) is 35.5 Å². The largest absolute Gasteiger partial charge is 0.496 e. The number of carbonyl (C=O) groups excluding carboxylic acids is 3. The third-order valence-corrected chi connectivity index (χ3v) is 6.28. The van der Waals surface area contributed by atoms with Gasteiger partial charge in [-0.2, -0.15) is 0 Å². The number of hydrogen-bond donors (Lipinski definition) is 2. The molecule has 0 aliphatic carbocycles. The highest BCUT2D eigenvalue weighted by Crippen LogP contribution is 2.36. The van der Waals surface area contributed by atoms with Crippen molar-refractivity contribution in [3.05, 3.63) is 41.1 Å². The Morgan fingerprint density at radius 3 is 2.57 bits per heavy atom. The van der Waals surface area contributed by atoms with Crippen molar-refractivity contribution in [2.24, 2.45) is 0 Å². The van der Waals surface area contributed by atoms with Gasteiger partial charge in [0.1, 0.15) is 5.75 Å². The van der Waals surface area contributed by atoms with Gasteiger partial charge in [-0.15, -0.1) is 0 Å². The standard InChI is InChI=1S/C25H37N5O5/c1-5-26-24(32)29-14-10-13-28(15-16-29)17-19-21(23(31)35-7-3)22(27-25(33)30(19)6-2)18-11-8-9-12-20(18)34-4/h8-9,11-12,22H,5-7,10,13-17H2,1-4H3,(H,26,32)(H,27,33). The van der Waals surface area contributed by atoms with Gasteiger partial charge in [-0.05, 0) is 33.3 Å². The Balaban J connectivity index is 1.99. The van der Waals surface area contributed by atoms with Crippen LogP contribution in [0.25, 0.3) is 0 Å². The Morgan fingerprint density at radius 2 is 1.89 bits per heavy atom. The zero-order chi connectivity index (χ0) is 25.4. The molecule has 1 unspecified atom stereocenters. The van der Waals surface area contributed by atoms with Gasteiger partial charge in [-0.25, -0.2) is 14.4 Å². The van der Waals surface area contributed by atoms with Crippen LogP contribution in [0.5, 0.6) is 5.75 Å². The minimum absolute atomic E-state index is 0.0655. The van der Waals surface area contributed by atoms with Gasteiger partial charge < -0.3 is 25.0 Å². The summed E-state index contributed by atoms with van der Waals surface area (Å²) in [6.07, 6.45) is 0.799. The number of rotatable bonds is 8. The minimum Gasteiger partial charge on any atom is -0.496 e. The molecular weight excluding hydrogens is 450 g/mol. The lowest BCUT2D eigenvalue weighted by molar-refractivity contribution is -0.139. The SMILES string of the molecule is CCNC(=O)N1CCCN(CC2=C(C(=O)OCC)C(c3ccccc3OC)NC(=O)N2CC)CC1. The first-order valence-electron chi connectivity index (χ1n) is 12.3. The molecule has 2 N–H and O–H groups in total. The average Bonchev–Trinajstić information content (AvgIpc) is 3.10. The van der Waals surface area contributed by atoms with Crippen LogP contribution in [0.4, 0.5) is 9.59 Å². The quantitative estimate of drug-likeness (QED) is 0.546. The lowest BCUT2D eigenvalue weighted by Crippen LogP contribution is -2.51. The molecule has 2 heterocycles. The van der Waals surface area contributed by atoms with E-state index in [1.54, 1.807) is 25.0 Å². The summed E-state index contributed by atoms with van der Waals surface area (Å²) in [7, 11) is 1.56. The van der Waals surface area contributed by atoms with Crippen LogP contribution in [-0.4, -0.2) is 92.3 Å². The second kappa shape index (κ2) is 12.4. The molecule has 1 saturated heterocycles. The van der Waals surface area contributed by atoms with Crippen molar-refractivity contribution in [2.45, 2.75) is 33.2 Å². The number of para-hydroxylation sites is 1. The van der Waals surface area contributed by atoms with Crippen LogP contribution in [0.3, 0.4) is 0 Å². The van der Waals surface area contributed by atoms with E-state index in [1.807, 2.05) is 36.9 Å². The number of nitrogens with zero attached hydrogens (tertiary/aromatic N) is 3. The molecule has 0 bridgehead atoms. The maximum atomic E-state index is 13.3. The van der Waals surface area contributed by atoms with Gasteiger partial charge in [0.05, 0.1) is 25.3 Å². The van der Waals surface area contributed by atoms with Crippen molar-refractivity contribution in [1.82, 2.24) is 25.3 Å². The number of hydrogen-bond acceptors (Lipinski definition) is 6. The maximum absolute atomic E-state index is 13.3. The van der Waals surface area contributed by atoms with E-state index in [0.29, 0.717) is 61.9 Å². The third-order valence-electron chi connectivity index (χ3n) is 6.28. The second-order valence-electron chi connectivity index (χ2n) is 8.40. The number of amides is 4. The molecule has 35 heavy (non-hydrogen) atoms. The van der Waals surface area contributed by atoms with Crippen LogP contribution < -0.4 is 15.4 Å². The molecule has 0 radical (unpaired) electrons. The van der Waals surface area contributed by atoms with Crippen molar-refractivity contribution in [1.29, 1.82) is 0 Å². The summed E-state index contributed by atoms with van der Waals surface area (Å²) >= 11 is 0. The van der Waals surface area contributed by atoms with E-state index < -0.39 is 12.0 Å². The van der Waals surface area contributed by atoms with Crippen molar-refractivity contribution < 1.29 is 23.9 Å². The second-order valence-corrected chi connectivity index (χ2v) is 8.40. The molecular formula is C25H37N5O5. The molecule has 1 aromatic rings. The first kappa shape index (κ1) is 26.3. The van der Waals surface area contributed by atoms with Crippen molar-refractivity contribution in [2.75, 3.05) is 59.5 Å². The molecule has 1 aromatic carbocycles. The predicted octanol–water partition coefficient (Wildman–Crippen LogP) is 2.34. The van der Waals surface area contributed by atoms with E-state index in [4.69, 9.17) is 9.47 Å². The van der Waals surface area contributed by atoms with Crippen LogP contribution in [0.1, 0.15) is 38.8 Å². The first-order valence-corrected chi connectivity index (χ1v) is 12.3. The van der Waals surface area contributed by atoms with Gasteiger partial charge in [0, 0.05) is 57.1 Å². The van der Waals surface area contributed by atoms with E-state index in [0.717, 1.165) is 13.0 Å². The molecule has 10 nitrogen and oxygen atoms in total. The highest BCUT2D eigenvalue weighted by atomic mass is 16.5. The molecule has 1 atom stereocenters. The zero-order valence-corrected chi connectivity index (χ0v) is 21.1. The number of nitrogens with one attached hydrogen (secondary N) is 2. The monoisotopic (exact) mass is 487 g/mol. The molecule has 0 aromatic heterocycles. The molecule has 192 valence electrons. The summed E-state index contributed by atoms with van der Waals surface area (Å²) in [6.45, 7) is 9.76. The predicted molar refractivity (Wildman–Crippen MR) is 132 cm³/mol. The highest BCUT2D eigenvalue weighted by molar-refractivity contribution is 5.95. The number of urea groups is 2. The molecule has 4 amide bonds. The maximum Gasteiger partial charge on any atom is 0.338 e. The Bertz CT molecular complexity index is 950. The molecule has 1 fully saturated rings. The lowest BCUT2D eigenvalue weighted by atomic mass is 9.93. The number of carbonyl (C=O) groups is 3. The van der Waals surface area contributed by atoms with Crippen LogP contribution >= 0.6 is 0 Å². The first-order chi connectivity index (χ1) is 16.9. The smallest absolute Gasteiger partial charge is 0.338 e. The highest BCUT2D eigenvalue weighted by Gasteiger charge is 2.39. The van der Waals surface area contributed by atoms with Crippen molar-refractivity contribution >= 4 is 18.0 Å². The topological polar surface area (TPSA) is 103 Å². The number of ether oxygens (including phenoxy) is 2. The van der Waals surface area contributed by atoms with Gasteiger partial charge in [0.25, 0.3) is 0 Å². The Hall–Kier alpha value is -3.27. The fraction of sp³-hybridized carbons (Fsp3) is 0.560. The Labute approximate surface area is 207 Å². The number of esters is 1. The average molecular weight is 488 g/mol. The lowest BCUT2D eigenvalue weighted by Gasteiger charge is -2.38. The van der Waals surface area contributed by atoms with E-state index in [2.05, 4.69) is 15.5 Å². The summed E-state index contributed by atoms with van der Waals surface area (Å²) in [5.41, 5.74) is 1.72. The Morgan fingerprint density at radius 1 is 1.11 bits per heavy atom. The number of likely N-dealkylation sites (N-methyl/N-ethyl adjacent to an activating group) is 1. The summed E-state index contributed by atoms with van der Waals surface area (Å²) in [5, 5.41) is 5.84. The molecule has 0 saturated carbocycles. The summed E-state index contributed by atoms with van der Waals surface area (Å²) in [4.78, 5) is 44.4. The molecule has 10 heteroatoms. The van der Waals surface area contributed by atoms with Gasteiger partial charge in [0.2, 0.25) is 0 Å². The molecule has 3 rings (SSSR count). The van der Waals surface area contributed by atoms with E-state index in [-0.39, 0.29) is 18.7 Å². The molecule has 2 aliphatic rings. The molecule has 0 spiro atoms.